The SMILES string of the molecule is CCC(=O)N(C)C(C)C(=O)OC1CC(=O)N(C)c2cc(cc(OC)c2Cl)C/C(CO)=C\C=C\C(OC)C2(O)CC(OC(=O)N2)C(C)C2OC12C. The number of alkyl carbamates (subject to hydrolysis) is 1. The van der Waals surface area contributed by atoms with Crippen molar-refractivity contribution in [3.63, 3.8) is 0 Å². The first-order valence-electron chi connectivity index (χ1n) is 16.5. The number of fused-ring (bicyclic) bond motifs is 5. The van der Waals surface area contributed by atoms with E-state index in [2.05, 4.69) is 5.32 Å². The summed E-state index contributed by atoms with van der Waals surface area (Å²) in [6.45, 7) is 6.38. The van der Waals surface area contributed by atoms with Gasteiger partial charge in [-0.25, -0.2) is 9.59 Å². The Labute approximate surface area is 297 Å². The van der Waals surface area contributed by atoms with Crippen molar-refractivity contribution in [2.75, 3.05) is 39.8 Å². The van der Waals surface area contributed by atoms with Gasteiger partial charge in [0, 0.05) is 40.0 Å². The standard InChI is InChI=1S/C35H48ClN3O11/c1-9-28(41)38(5)20(3)32(43)49-27-16-29(42)39(6)23-14-22(15-24(46-7)30(23)36)13-21(18-40)11-10-12-26(47-8)35(45)17-25(48-33(44)37-35)19(2)31-34(27,4)50-31/h10-12,14-15,19-20,25-27,31,40,45H,9,13,16-18H2,1-8H3,(H,37,44)/b12-10+,21-11+. The Bertz CT molecular complexity index is 1530. The quantitative estimate of drug-likeness (QED) is 0.279. The van der Waals surface area contributed by atoms with Gasteiger partial charge in [-0.1, -0.05) is 43.7 Å². The lowest BCUT2D eigenvalue weighted by atomic mass is 9.83. The second-order valence-corrected chi connectivity index (χ2v) is 13.6. The van der Waals surface area contributed by atoms with Crippen LogP contribution in [-0.2, 0) is 39.8 Å². The highest BCUT2D eigenvalue weighted by atomic mass is 35.5. The molecule has 8 atom stereocenters. The number of anilines is 1. The summed E-state index contributed by atoms with van der Waals surface area (Å²) < 4.78 is 28.9. The second-order valence-electron chi connectivity index (χ2n) is 13.2. The summed E-state index contributed by atoms with van der Waals surface area (Å²) in [5, 5.41) is 24.5. The van der Waals surface area contributed by atoms with Gasteiger partial charge in [0.25, 0.3) is 0 Å². The molecule has 3 N–H and O–H groups in total. The number of methoxy groups -OCH3 is 2. The summed E-state index contributed by atoms with van der Waals surface area (Å²) in [5.41, 5.74) is -1.54. The molecule has 0 aliphatic carbocycles. The van der Waals surface area contributed by atoms with Crippen LogP contribution in [0.2, 0.25) is 5.02 Å². The van der Waals surface area contributed by atoms with Gasteiger partial charge in [0.1, 0.15) is 40.7 Å². The maximum atomic E-state index is 14.0. The van der Waals surface area contributed by atoms with Gasteiger partial charge >= 0.3 is 12.1 Å². The number of aliphatic hydroxyl groups excluding tert-OH is 1. The lowest BCUT2D eigenvalue weighted by molar-refractivity contribution is -0.162. The Morgan fingerprint density at radius 2 is 1.96 bits per heavy atom. The third kappa shape index (κ3) is 8.10. The number of esters is 1. The minimum Gasteiger partial charge on any atom is -0.495 e. The van der Waals surface area contributed by atoms with Gasteiger partial charge in [-0.05, 0) is 43.5 Å². The number of allylic oxidation sites excluding steroid dienone is 2. The van der Waals surface area contributed by atoms with Crippen LogP contribution >= 0.6 is 11.6 Å². The molecule has 4 bridgehead atoms. The number of likely N-dealkylation sites (N-methyl/N-ethyl adjacent to an activating group) is 1. The van der Waals surface area contributed by atoms with Gasteiger partial charge in [0.05, 0.1) is 31.9 Å². The number of epoxide rings is 1. The molecule has 50 heavy (non-hydrogen) atoms. The molecule has 15 heteroatoms. The molecule has 2 saturated heterocycles. The number of nitrogens with one attached hydrogen (secondary N) is 1. The Hall–Kier alpha value is -3.69. The Morgan fingerprint density at radius 1 is 1.26 bits per heavy atom. The van der Waals surface area contributed by atoms with Crippen LogP contribution in [0.5, 0.6) is 5.75 Å². The van der Waals surface area contributed by atoms with Gasteiger partial charge in [-0.2, -0.15) is 0 Å². The van der Waals surface area contributed by atoms with Crippen LogP contribution in [0.15, 0.2) is 35.9 Å². The van der Waals surface area contributed by atoms with E-state index in [4.69, 9.17) is 35.3 Å². The number of carbonyl (C=O) groups excluding carboxylic acids is 4. The molecule has 276 valence electrons. The van der Waals surface area contributed by atoms with E-state index in [9.17, 15) is 29.4 Å². The summed E-state index contributed by atoms with van der Waals surface area (Å²) >= 11 is 6.71. The zero-order valence-electron chi connectivity index (χ0n) is 29.7. The first kappa shape index (κ1) is 39.1. The van der Waals surface area contributed by atoms with Crippen LogP contribution in [0.3, 0.4) is 0 Å². The van der Waals surface area contributed by atoms with E-state index in [1.807, 2.05) is 0 Å². The monoisotopic (exact) mass is 721 g/mol. The molecule has 0 spiro atoms. The summed E-state index contributed by atoms with van der Waals surface area (Å²) in [6, 6.07) is 2.44. The lowest BCUT2D eigenvalue weighted by Crippen LogP contribution is -2.63. The highest BCUT2D eigenvalue weighted by Crippen LogP contribution is 2.49. The highest BCUT2D eigenvalue weighted by molar-refractivity contribution is 6.35. The smallest absolute Gasteiger partial charge is 0.409 e. The third-order valence-electron chi connectivity index (χ3n) is 9.93. The van der Waals surface area contributed by atoms with Crippen molar-refractivity contribution in [3.05, 3.63) is 46.5 Å². The maximum absolute atomic E-state index is 14.0. The van der Waals surface area contributed by atoms with Gasteiger partial charge in [-0.3, -0.25) is 14.9 Å². The van der Waals surface area contributed by atoms with E-state index >= 15 is 0 Å². The number of carbonyl (C=O) groups is 4. The highest BCUT2D eigenvalue weighted by Gasteiger charge is 2.64. The average Bonchev–Trinajstić information content (AvgIpc) is 3.79. The molecule has 0 aromatic heterocycles. The largest absolute Gasteiger partial charge is 0.495 e. The predicted octanol–water partition coefficient (Wildman–Crippen LogP) is 2.90. The van der Waals surface area contributed by atoms with Crippen molar-refractivity contribution in [2.45, 2.75) is 95.2 Å². The van der Waals surface area contributed by atoms with E-state index in [-0.39, 0.29) is 43.2 Å². The normalized spacial score (nSPS) is 32.3. The number of hydrogen-bond acceptors (Lipinski definition) is 11. The zero-order valence-corrected chi connectivity index (χ0v) is 30.5. The van der Waals surface area contributed by atoms with Gasteiger partial charge in [0.15, 0.2) is 5.72 Å². The molecule has 3 heterocycles. The van der Waals surface area contributed by atoms with E-state index in [0.717, 1.165) is 0 Å². The molecule has 0 saturated carbocycles. The summed E-state index contributed by atoms with van der Waals surface area (Å²) in [7, 11) is 5.87. The number of benzene rings is 1. The Balaban J connectivity index is 1.81. The molecule has 1 aromatic rings. The van der Waals surface area contributed by atoms with E-state index in [1.54, 1.807) is 51.1 Å². The number of amides is 3. The minimum atomic E-state index is -1.88. The van der Waals surface area contributed by atoms with Crippen LogP contribution in [0.4, 0.5) is 10.5 Å². The van der Waals surface area contributed by atoms with Crippen LogP contribution < -0.4 is 15.0 Å². The van der Waals surface area contributed by atoms with Crippen molar-refractivity contribution >= 4 is 41.2 Å². The minimum absolute atomic E-state index is 0.0908. The summed E-state index contributed by atoms with van der Waals surface area (Å²) in [5.74, 6) is -1.72. The molecule has 14 nitrogen and oxygen atoms in total. The lowest BCUT2D eigenvalue weighted by Gasteiger charge is -2.42. The molecule has 0 radical (unpaired) electrons. The second kappa shape index (κ2) is 15.7. The number of aliphatic hydroxyl groups is 2. The molecule has 8 unspecified atom stereocenters. The number of ether oxygens (including phenoxy) is 5. The molecule has 4 rings (SSSR count). The molecular weight excluding hydrogens is 674 g/mol. The first-order chi connectivity index (χ1) is 23.5. The number of halogens is 1. The zero-order chi connectivity index (χ0) is 37.1. The molecule has 3 aliphatic heterocycles. The summed E-state index contributed by atoms with van der Waals surface area (Å²) in [4.78, 5) is 55.3. The molecule has 1 aromatic carbocycles. The molecular formula is C35H48ClN3O11. The molecule has 2 fully saturated rings. The van der Waals surface area contributed by atoms with Gasteiger partial charge in [0.2, 0.25) is 11.8 Å². The van der Waals surface area contributed by atoms with E-state index in [1.165, 1.54) is 45.0 Å². The van der Waals surface area contributed by atoms with Crippen molar-refractivity contribution in [2.24, 2.45) is 5.92 Å². The van der Waals surface area contributed by atoms with Gasteiger partial charge < -0.3 is 43.7 Å². The van der Waals surface area contributed by atoms with Gasteiger partial charge in [-0.15, -0.1) is 0 Å². The van der Waals surface area contributed by atoms with Crippen molar-refractivity contribution < 1.29 is 53.1 Å². The number of nitrogens with zero attached hydrogens (tertiary/aromatic N) is 2. The van der Waals surface area contributed by atoms with E-state index < -0.39 is 65.7 Å². The van der Waals surface area contributed by atoms with Crippen LogP contribution in [0.25, 0.3) is 0 Å². The Kier molecular flexibility index (Phi) is 12.3. The first-order valence-corrected chi connectivity index (χ1v) is 16.9. The summed E-state index contributed by atoms with van der Waals surface area (Å²) in [6.07, 6.45) is 0.260. The predicted molar refractivity (Wildman–Crippen MR) is 183 cm³/mol. The average molecular weight is 722 g/mol. The number of hydrogen-bond donors (Lipinski definition) is 3. The van der Waals surface area contributed by atoms with Crippen LogP contribution in [0.1, 0.15) is 52.5 Å². The fourth-order valence-corrected chi connectivity index (χ4v) is 6.80. The fraction of sp³-hybridized carbons (Fsp3) is 0.600. The topological polar surface area (TPSA) is 177 Å². The van der Waals surface area contributed by atoms with Crippen LogP contribution in [-0.4, -0.2) is 116 Å². The van der Waals surface area contributed by atoms with E-state index in [0.29, 0.717) is 22.6 Å². The van der Waals surface area contributed by atoms with Crippen molar-refractivity contribution in [3.8, 4) is 5.75 Å². The third-order valence-corrected chi connectivity index (χ3v) is 10.3. The fourth-order valence-electron chi connectivity index (χ4n) is 6.49. The van der Waals surface area contributed by atoms with Crippen LogP contribution in [0, 0.1) is 5.92 Å². The molecule has 3 amide bonds. The van der Waals surface area contributed by atoms with Crippen molar-refractivity contribution in [1.82, 2.24) is 10.2 Å². The maximum Gasteiger partial charge on any atom is 0.409 e. The van der Waals surface area contributed by atoms with Crippen molar-refractivity contribution in [1.29, 1.82) is 0 Å². The number of rotatable bonds is 7. The Morgan fingerprint density at radius 3 is 2.58 bits per heavy atom. The molecule has 3 aliphatic rings.